The molecule has 0 amide bonds. The Labute approximate surface area is 171 Å². The molecule has 2 aromatic rings. The summed E-state index contributed by atoms with van der Waals surface area (Å²) in [6.07, 6.45) is 1.65. The molecule has 6 nitrogen and oxygen atoms in total. The largest absolute Gasteiger partial charge is 0.457 e. The minimum atomic E-state index is -3.55. The first kappa shape index (κ1) is 21.2. The van der Waals surface area contributed by atoms with Crippen molar-refractivity contribution in [3.63, 3.8) is 0 Å². The molecule has 0 bridgehead atoms. The van der Waals surface area contributed by atoms with Crippen molar-refractivity contribution in [3.05, 3.63) is 65.7 Å². The third kappa shape index (κ3) is 5.10. The van der Waals surface area contributed by atoms with E-state index < -0.39 is 21.9 Å². The van der Waals surface area contributed by atoms with E-state index in [0.717, 1.165) is 12.0 Å². The number of ether oxygens (including phenoxy) is 1. The molecule has 1 aliphatic rings. The molecule has 0 radical (unpaired) electrons. The highest BCUT2D eigenvalue weighted by atomic mass is 32.2. The second-order valence-electron chi connectivity index (χ2n) is 7.07. The van der Waals surface area contributed by atoms with Gasteiger partial charge < -0.3 is 4.74 Å². The van der Waals surface area contributed by atoms with Gasteiger partial charge in [0.2, 0.25) is 10.0 Å². The van der Waals surface area contributed by atoms with Crippen molar-refractivity contribution in [2.75, 3.05) is 19.7 Å². The molecule has 0 aromatic heterocycles. The van der Waals surface area contributed by atoms with Gasteiger partial charge in [0, 0.05) is 18.7 Å². The highest BCUT2D eigenvalue weighted by Gasteiger charge is 2.32. The van der Waals surface area contributed by atoms with Crippen LogP contribution in [-0.2, 0) is 26.0 Å². The van der Waals surface area contributed by atoms with Gasteiger partial charge in [0.05, 0.1) is 10.8 Å². The van der Waals surface area contributed by atoms with Gasteiger partial charge in [-0.25, -0.2) is 8.42 Å². The topological polar surface area (TPSA) is 80.8 Å². The SMILES string of the molecule is CCc1ccc(C(=O)COC(=O)C2CCN(S(=O)(=O)c3ccccc3)CC2)cc1. The summed E-state index contributed by atoms with van der Waals surface area (Å²) in [7, 11) is -3.55. The second kappa shape index (κ2) is 9.33. The summed E-state index contributed by atoms with van der Waals surface area (Å²) in [6, 6.07) is 15.5. The van der Waals surface area contributed by atoms with E-state index in [4.69, 9.17) is 4.74 Å². The molecule has 1 saturated heterocycles. The number of hydrogen-bond acceptors (Lipinski definition) is 5. The van der Waals surface area contributed by atoms with Gasteiger partial charge in [-0.3, -0.25) is 9.59 Å². The summed E-state index contributed by atoms with van der Waals surface area (Å²) in [5.41, 5.74) is 1.65. The number of benzene rings is 2. The minimum absolute atomic E-state index is 0.245. The van der Waals surface area contributed by atoms with Crippen LogP contribution in [0.2, 0.25) is 0 Å². The molecule has 0 atom stereocenters. The Kier molecular flexibility index (Phi) is 6.82. The molecule has 1 aliphatic heterocycles. The Morgan fingerprint density at radius 3 is 2.21 bits per heavy atom. The Hall–Kier alpha value is -2.51. The number of carbonyl (C=O) groups is 2. The van der Waals surface area contributed by atoms with Crippen LogP contribution < -0.4 is 0 Å². The monoisotopic (exact) mass is 415 g/mol. The standard InChI is InChI=1S/C22H25NO5S/c1-2-17-8-10-18(11-9-17)21(24)16-28-22(25)19-12-14-23(15-13-19)29(26,27)20-6-4-3-5-7-20/h3-11,19H,2,12-16H2,1H3. The van der Waals surface area contributed by atoms with E-state index in [1.54, 1.807) is 42.5 Å². The minimum Gasteiger partial charge on any atom is -0.457 e. The lowest BCUT2D eigenvalue weighted by atomic mass is 9.98. The molecule has 3 rings (SSSR count). The summed E-state index contributed by atoms with van der Waals surface area (Å²) in [5.74, 6) is -1.09. The summed E-state index contributed by atoms with van der Waals surface area (Å²) >= 11 is 0. The Morgan fingerprint density at radius 1 is 1.00 bits per heavy atom. The number of carbonyl (C=O) groups excluding carboxylic acids is 2. The van der Waals surface area contributed by atoms with E-state index in [0.29, 0.717) is 18.4 Å². The molecule has 0 unspecified atom stereocenters. The highest BCUT2D eigenvalue weighted by molar-refractivity contribution is 7.89. The zero-order chi connectivity index (χ0) is 20.9. The number of sulfonamides is 1. The Bertz CT molecular complexity index is 946. The van der Waals surface area contributed by atoms with Gasteiger partial charge in [0.1, 0.15) is 0 Å². The van der Waals surface area contributed by atoms with Gasteiger partial charge in [-0.05, 0) is 37.0 Å². The fraction of sp³-hybridized carbons (Fsp3) is 0.364. The average Bonchev–Trinajstić information content (AvgIpc) is 2.78. The Morgan fingerprint density at radius 2 is 1.62 bits per heavy atom. The number of nitrogens with zero attached hydrogens (tertiary/aromatic N) is 1. The third-order valence-corrected chi connectivity index (χ3v) is 7.11. The summed E-state index contributed by atoms with van der Waals surface area (Å²) in [6.45, 7) is 2.24. The van der Waals surface area contributed by atoms with Crippen LogP contribution in [0, 0.1) is 5.92 Å². The van der Waals surface area contributed by atoms with E-state index in [9.17, 15) is 18.0 Å². The molecule has 1 heterocycles. The van der Waals surface area contributed by atoms with Gasteiger partial charge in [0.25, 0.3) is 0 Å². The van der Waals surface area contributed by atoms with Crippen LogP contribution in [-0.4, -0.2) is 44.2 Å². The fourth-order valence-electron chi connectivity index (χ4n) is 3.34. The van der Waals surface area contributed by atoms with E-state index >= 15 is 0 Å². The van der Waals surface area contributed by atoms with Gasteiger partial charge in [-0.15, -0.1) is 0 Å². The van der Waals surface area contributed by atoms with Crippen LogP contribution >= 0.6 is 0 Å². The predicted molar refractivity (Wildman–Crippen MR) is 109 cm³/mol. The number of esters is 1. The fourth-order valence-corrected chi connectivity index (χ4v) is 4.83. The quantitative estimate of drug-likeness (QED) is 0.513. The van der Waals surface area contributed by atoms with Crippen molar-refractivity contribution in [1.29, 1.82) is 0 Å². The molecule has 0 saturated carbocycles. The maximum absolute atomic E-state index is 12.6. The predicted octanol–water partition coefficient (Wildman–Crippen LogP) is 3.08. The van der Waals surface area contributed by atoms with E-state index in [1.165, 1.54) is 4.31 Å². The van der Waals surface area contributed by atoms with E-state index in [2.05, 4.69) is 0 Å². The second-order valence-corrected chi connectivity index (χ2v) is 9.01. The van der Waals surface area contributed by atoms with Gasteiger partial charge >= 0.3 is 5.97 Å². The molecular weight excluding hydrogens is 390 g/mol. The van der Waals surface area contributed by atoms with Crippen molar-refractivity contribution in [2.45, 2.75) is 31.1 Å². The summed E-state index contributed by atoms with van der Waals surface area (Å²) in [5, 5.41) is 0. The van der Waals surface area contributed by atoms with Crippen LogP contribution in [0.15, 0.2) is 59.5 Å². The van der Waals surface area contributed by atoms with Crippen LogP contribution in [0.3, 0.4) is 0 Å². The molecule has 1 fully saturated rings. The lowest BCUT2D eigenvalue weighted by molar-refractivity contribution is -0.148. The van der Waals surface area contributed by atoms with Gasteiger partial charge in [-0.1, -0.05) is 49.4 Å². The number of piperidine rings is 1. The molecule has 7 heteroatoms. The smallest absolute Gasteiger partial charge is 0.309 e. The molecule has 29 heavy (non-hydrogen) atoms. The number of ketones is 1. The maximum Gasteiger partial charge on any atom is 0.309 e. The Balaban J connectivity index is 1.50. The van der Waals surface area contributed by atoms with E-state index in [-0.39, 0.29) is 30.4 Å². The molecule has 0 N–H and O–H groups in total. The van der Waals surface area contributed by atoms with Crippen LogP contribution in [0.4, 0.5) is 0 Å². The molecule has 154 valence electrons. The molecular formula is C22H25NO5S. The zero-order valence-corrected chi connectivity index (χ0v) is 17.2. The number of hydrogen-bond donors (Lipinski definition) is 0. The first-order valence-electron chi connectivity index (χ1n) is 9.75. The van der Waals surface area contributed by atoms with Gasteiger partial charge in [0.15, 0.2) is 12.4 Å². The van der Waals surface area contributed by atoms with Crippen LogP contribution in [0.5, 0.6) is 0 Å². The van der Waals surface area contributed by atoms with Gasteiger partial charge in [-0.2, -0.15) is 4.31 Å². The average molecular weight is 416 g/mol. The maximum atomic E-state index is 12.6. The number of Topliss-reactive ketones (excluding diaryl/α,β-unsaturated/α-hetero) is 1. The van der Waals surface area contributed by atoms with Crippen molar-refractivity contribution >= 4 is 21.8 Å². The number of aryl methyl sites for hydroxylation is 1. The van der Waals surface area contributed by atoms with Crippen LogP contribution in [0.1, 0.15) is 35.7 Å². The van der Waals surface area contributed by atoms with Crippen LogP contribution in [0.25, 0.3) is 0 Å². The normalized spacial score (nSPS) is 15.8. The molecule has 0 aliphatic carbocycles. The van der Waals surface area contributed by atoms with Crippen molar-refractivity contribution < 1.29 is 22.7 Å². The first-order chi connectivity index (χ1) is 13.9. The first-order valence-corrected chi connectivity index (χ1v) is 11.2. The lowest BCUT2D eigenvalue weighted by Crippen LogP contribution is -2.40. The number of rotatable bonds is 7. The van der Waals surface area contributed by atoms with Crippen molar-refractivity contribution in [3.8, 4) is 0 Å². The zero-order valence-electron chi connectivity index (χ0n) is 16.4. The van der Waals surface area contributed by atoms with E-state index in [1.807, 2.05) is 19.1 Å². The third-order valence-electron chi connectivity index (χ3n) is 5.20. The lowest BCUT2D eigenvalue weighted by Gasteiger charge is -2.30. The van der Waals surface area contributed by atoms with Crippen molar-refractivity contribution in [1.82, 2.24) is 4.31 Å². The molecule has 0 spiro atoms. The molecule has 2 aromatic carbocycles. The summed E-state index contributed by atoms with van der Waals surface area (Å²) in [4.78, 5) is 24.8. The highest BCUT2D eigenvalue weighted by Crippen LogP contribution is 2.24. The van der Waals surface area contributed by atoms with Crippen molar-refractivity contribution in [2.24, 2.45) is 5.92 Å². The summed E-state index contributed by atoms with van der Waals surface area (Å²) < 4.78 is 31.9.